The number of aromatic nitrogens is 3. The molecule has 1 aromatic heterocycles. The summed E-state index contributed by atoms with van der Waals surface area (Å²) in [7, 11) is 0. The number of nitrogens with zero attached hydrogens (tertiary/aromatic N) is 4. The molecule has 0 saturated heterocycles. The third-order valence-corrected chi connectivity index (χ3v) is 3.23. The number of anilines is 1. The molecule has 1 aliphatic heterocycles. The standard InChI is InChI=1S/C15H12N6/c1-3-7-12-10(5-1)16-14(20-18-12)9-15-17-11-6-2-4-8-13(11)19-21-15/h1-8,18H,9H2,(H,16,20). The van der Waals surface area contributed by atoms with E-state index < -0.39 is 0 Å². The summed E-state index contributed by atoms with van der Waals surface area (Å²) in [5.41, 5.74) is 9.67. The van der Waals surface area contributed by atoms with Crippen LogP contribution in [0.2, 0.25) is 0 Å². The molecule has 0 amide bonds. The van der Waals surface area contributed by atoms with Crippen LogP contribution in [0.4, 0.5) is 11.4 Å². The predicted octanol–water partition coefficient (Wildman–Crippen LogP) is 2.23. The summed E-state index contributed by atoms with van der Waals surface area (Å²) in [5, 5.41) is 8.32. The molecule has 102 valence electrons. The maximum Gasteiger partial charge on any atom is 0.159 e. The van der Waals surface area contributed by atoms with E-state index in [9.17, 15) is 0 Å². The van der Waals surface area contributed by atoms with E-state index in [-0.39, 0.29) is 0 Å². The summed E-state index contributed by atoms with van der Waals surface area (Å²) >= 11 is 0. The fraction of sp³-hybridized carbons (Fsp3) is 0.0667. The molecule has 0 radical (unpaired) electrons. The van der Waals surface area contributed by atoms with Gasteiger partial charge in [-0.05, 0) is 24.3 Å². The molecule has 0 saturated carbocycles. The number of benzene rings is 2. The zero-order valence-corrected chi connectivity index (χ0v) is 11.1. The number of fused-ring (bicyclic) bond motifs is 2. The first-order valence-electron chi connectivity index (χ1n) is 6.65. The van der Waals surface area contributed by atoms with Crippen LogP contribution in [0.25, 0.3) is 11.0 Å². The highest BCUT2D eigenvalue weighted by molar-refractivity contribution is 5.92. The third kappa shape index (κ3) is 2.27. The molecule has 2 aromatic carbocycles. The molecule has 6 nitrogen and oxygen atoms in total. The van der Waals surface area contributed by atoms with E-state index >= 15 is 0 Å². The number of hydrogen-bond acceptors (Lipinski definition) is 6. The minimum absolute atomic E-state index is 0.499. The molecular formula is C15H12N6. The number of hydrogen-bond donors (Lipinski definition) is 2. The molecule has 0 spiro atoms. The van der Waals surface area contributed by atoms with Gasteiger partial charge in [0.25, 0.3) is 0 Å². The average Bonchev–Trinajstić information content (AvgIpc) is 2.55. The Bertz CT molecular complexity index is 842. The summed E-state index contributed by atoms with van der Waals surface area (Å²) in [6.45, 7) is 0. The Hall–Kier alpha value is -3.02. The van der Waals surface area contributed by atoms with Crippen molar-refractivity contribution in [3.8, 4) is 0 Å². The molecule has 4 rings (SSSR count). The quantitative estimate of drug-likeness (QED) is 0.750. The Morgan fingerprint density at radius 1 is 0.810 bits per heavy atom. The lowest BCUT2D eigenvalue weighted by molar-refractivity contribution is 0.904. The first-order valence-corrected chi connectivity index (χ1v) is 6.65. The first-order chi connectivity index (χ1) is 10.4. The van der Waals surface area contributed by atoms with Gasteiger partial charge in [0.05, 0.1) is 23.3 Å². The van der Waals surface area contributed by atoms with Gasteiger partial charge in [0, 0.05) is 0 Å². The molecule has 2 N–H and O–H groups in total. The van der Waals surface area contributed by atoms with E-state index in [1.54, 1.807) is 0 Å². The van der Waals surface area contributed by atoms with Crippen molar-refractivity contribution in [3.63, 3.8) is 0 Å². The highest BCUT2D eigenvalue weighted by Crippen LogP contribution is 2.26. The monoisotopic (exact) mass is 276 g/mol. The second-order valence-corrected chi connectivity index (χ2v) is 4.72. The van der Waals surface area contributed by atoms with Gasteiger partial charge < -0.3 is 0 Å². The topological polar surface area (TPSA) is 75.1 Å². The van der Waals surface area contributed by atoms with Gasteiger partial charge in [-0.1, -0.05) is 24.3 Å². The molecule has 21 heavy (non-hydrogen) atoms. The summed E-state index contributed by atoms with van der Waals surface area (Å²) < 4.78 is 0. The van der Waals surface area contributed by atoms with Crippen molar-refractivity contribution in [2.75, 3.05) is 5.43 Å². The van der Waals surface area contributed by atoms with Crippen molar-refractivity contribution in [2.24, 2.45) is 4.99 Å². The first kappa shape index (κ1) is 11.8. The van der Waals surface area contributed by atoms with Crippen LogP contribution in [0.15, 0.2) is 53.5 Å². The summed E-state index contributed by atoms with van der Waals surface area (Å²) in [4.78, 5) is 9.06. The minimum Gasteiger partial charge on any atom is -0.298 e. The van der Waals surface area contributed by atoms with Crippen LogP contribution >= 0.6 is 0 Å². The van der Waals surface area contributed by atoms with Gasteiger partial charge in [0.2, 0.25) is 0 Å². The molecule has 2 heterocycles. The van der Waals surface area contributed by atoms with Crippen LogP contribution in [0.3, 0.4) is 0 Å². The second kappa shape index (κ2) is 4.82. The molecule has 0 aliphatic carbocycles. The Balaban J connectivity index is 1.65. The van der Waals surface area contributed by atoms with E-state index in [1.165, 1.54) is 0 Å². The van der Waals surface area contributed by atoms with Crippen molar-refractivity contribution in [1.29, 1.82) is 0 Å². The third-order valence-electron chi connectivity index (χ3n) is 3.23. The van der Waals surface area contributed by atoms with E-state index in [2.05, 4.69) is 31.0 Å². The van der Waals surface area contributed by atoms with E-state index in [0.717, 1.165) is 28.2 Å². The maximum atomic E-state index is 4.56. The molecule has 0 fully saturated rings. The van der Waals surface area contributed by atoms with Crippen molar-refractivity contribution in [3.05, 3.63) is 54.4 Å². The number of hydrazine groups is 1. The van der Waals surface area contributed by atoms with E-state index in [1.807, 2.05) is 48.5 Å². The Labute approximate surface area is 120 Å². The van der Waals surface area contributed by atoms with Crippen LogP contribution < -0.4 is 10.9 Å². The molecule has 3 aromatic rings. The number of aliphatic imine (C=N–C) groups is 1. The van der Waals surface area contributed by atoms with Crippen LogP contribution in [-0.2, 0) is 6.42 Å². The van der Waals surface area contributed by atoms with Gasteiger partial charge in [-0.2, -0.15) is 0 Å². The van der Waals surface area contributed by atoms with Gasteiger partial charge in [-0.15, -0.1) is 10.2 Å². The highest BCUT2D eigenvalue weighted by atomic mass is 15.4. The van der Waals surface area contributed by atoms with Crippen LogP contribution in [0.5, 0.6) is 0 Å². The zero-order chi connectivity index (χ0) is 14.1. The molecule has 0 unspecified atom stereocenters. The fourth-order valence-electron chi connectivity index (χ4n) is 2.21. The summed E-state index contributed by atoms with van der Waals surface area (Å²) in [6, 6.07) is 15.5. The minimum atomic E-state index is 0.499. The average molecular weight is 276 g/mol. The van der Waals surface area contributed by atoms with Crippen molar-refractivity contribution < 1.29 is 0 Å². The number of para-hydroxylation sites is 3. The van der Waals surface area contributed by atoms with Gasteiger partial charge in [0.15, 0.2) is 5.82 Å². The predicted molar refractivity (Wildman–Crippen MR) is 81.3 cm³/mol. The normalized spacial score (nSPS) is 13.0. The van der Waals surface area contributed by atoms with Gasteiger partial charge in [-0.3, -0.25) is 10.9 Å². The maximum absolute atomic E-state index is 4.56. The Kier molecular flexibility index (Phi) is 2.71. The van der Waals surface area contributed by atoms with Gasteiger partial charge in [-0.25, -0.2) is 9.98 Å². The van der Waals surface area contributed by atoms with Gasteiger partial charge >= 0.3 is 0 Å². The smallest absolute Gasteiger partial charge is 0.159 e. The van der Waals surface area contributed by atoms with Gasteiger partial charge in [0.1, 0.15) is 11.4 Å². The fourth-order valence-corrected chi connectivity index (χ4v) is 2.21. The molecule has 0 atom stereocenters. The summed E-state index contributed by atoms with van der Waals surface area (Å²) in [5.74, 6) is 1.41. The number of nitrogens with one attached hydrogen (secondary N) is 2. The summed E-state index contributed by atoms with van der Waals surface area (Å²) in [6.07, 6.45) is 0.499. The van der Waals surface area contributed by atoms with Crippen LogP contribution in [0.1, 0.15) is 5.82 Å². The Morgan fingerprint density at radius 2 is 1.62 bits per heavy atom. The number of amidine groups is 1. The molecule has 0 bridgehead atoms. The van der Waals surface area contributed by atoms with E-state index in [4.69, 9.17) is 0 Å². The lowest BCUT2D eigenvalue weighted by Crippen LogP contribution is -2.33. The molecule has 1 aliphatic rings. The number of rotatable bonds is 2. The van der Waals surface area contributed by atoms with Crippen LogP contribution in [0, 0.1) is 0 Å². The zero-order valence-electron chi connectivity index (χ0n) is 11.1. The lowest BCUT2D eigenvalue weighted by atomic mass is 10.2. The van der Waals surface area contributed by atoms with Crippen molar-refractivity contribution >= 4 is 28.2 Å². The largest absolute Gasteiger partial charge is 0.298 e. The van der Waals surface area contributed by atoms with Crippen LogP contribution in [-0.4, -0.2) is 21.0 Å². The van der Waals surface area contributed by atoms with Crippen molar-refractivity contribution in [1.82, 2.24) is 20.6 Å². The Morgan fingerprint density at radius 3 is 2.57 bits per heavy atom. The molecular weight excluding hydrogens is 264 g/mol. The SMILES string of the molecule is c1ccc2c(c1)N=C(Cc1nnc3ccccc3n1)NN2. The van der Waals surface area contributed by atoms with Crippen molar-refractivity contribution in [2.45, 2.75) is 6.42 Å². The van der Waals surface area contributed by atoms with E-state index in [0.29, 0.717) is 12.2 Å². The molecule has 6 heteroatoms. The second-order valence-electron chi connectivity index (χ2n) is 4.72. The lowest BCUT2D eigenvalue weighted by Gasteiger charge is -2.18. The highest BCUT2D eigenvalue weighted by Gasteiger charge is 2.12.